The van der Waals surface area contributed by atoms with Gasteiger partial charge < -0.3 is 14.2 Å². The molecule has 0 heterocycles. The Kier molecular flexibility index (Phi) is 13.4. The van der Waals surface area contributed by atoms with Crippen LogP contribution in [0.4, 0.5) is 0 Å². The lowest BCUT2D eigenvalue weighted by Gasteiger charge is -2.35. The summed E-state index contributed by atoms with van der Waals surface area (Å²) in [4.78, 5) is 0. The van der Waals surface area contributed by atoms with Gasteiger partial charge in [-0.25, -0.2) is 0 Å². The monoisotopic (exact) mass is 418 g/mol. The summed E-state index contributed by atoms with van der Waals surface area (Å²) in [5.41, 5.74) is 0. The third-order valence-corrected chi connectivity index (χ3v) is 6.94. The van der Waals surface area contributed by atoms with Crippen LogP contribution in [0.3, 0.4) is 0 Å². The molecule has 4 unspecified atom stereocenters. The smallest absolute Gasteiger partial charge is 0.0648 e. The third-order valence-electron chi connectivity index (χ3n) is 6.94. The lowest BCUT2D eigenvalue weighted by atomic mass is 9.77. The molecule has 3 heteroatoms. The maximum atomic E-state index is 6.44. The van der Waals surface area contributed by atoms with E-state index >= 15 is 0 Å². The number of hydrogen-bond acceptors (Lipinski definition) is 3. The van der Waals surface area contributed by atoms with Gasteiger partial charge in [-0.1, -0.05) is 69.6 Å². The van der Waals surface area contributed by atoms with Crippen LogP contribution in [-0.4, -0.2) is 38.1 Å². The molecule has 2 rings (SSSR count). The van der Waals surface area contributed by atoms with E-state index in [-0.39, 0.29) is 18.3 Å². The molecule has 0 amide bonds. The van der Waals surface area contributed by atoms with Crippen LogP contribution < -0.4 is 0 Å². The fourth-order valence-electron chi connectivity index (χ4n) is 5.37. The summed E-state index contributed by atoms with van der Waals surface area (Å²) in [7, 11) is 0. The van der Waals surface area contributed by atoms with Crippen molar-refractivity contribution in [2.45, 2.75) is 102 Å². The molecule has 2 aliphatic rings. The highest BCUT2D eigenvalue weighted by Crippen LogP contribution is 2.37. The van der Waals surface area contributed by atoms with Crippen molar-refractivity contribution in [2.75, 3.05) is 19.8 Å². The van der Waals surface area contributed by atoms with Crippen LogP contribution in [0.25, 0.3) is 0 Å². The van der Waals surface area contributed by atoms with E-state index in [9.17, 15) is 0 Å². The van der Waals surface area contributed by atoms with Crippen molar-refractivity contribution in [3.05, 3.63) is 38.0 Å². The molecular formula is C27H46O3. The predicted molar refractivity (Wildman–Crippen MR) is 127 cm³/mol. The van der Waals surface area contributed by atoms with Crippen LogP contribution in [0.2, 0.25) is 0 Å². The Morgan fingerprint density at radius 2 is 1.07 bits per heavy atom. The zero-order valence-corrected chi connectivity index (χ0v) is 19.3. The summed E-state index contributed by atoms with van der Waals surface area (Å²) in [5.74, 6) is 1.32. The molecule has 3 nitrogen and oxygen atoms in total. The van der Waals surface area contributed by atoms with Gasteiger partial charge in [0.15, 0.2) is 0 Å². The summed E-state index contributed by atoms with van der Waals surface area (Å²) in [6.45, 7) is 13.4. The van der Waals surface area contributed by atoms with Gasteiger partial charge >= 0.3 is 0 Å². The van der Waals surface area contributed by atoms with Gasteiger partial charge in [0, 0.05) is 6.42 Å². The average Bonchev–Trinajstić information content (AvgIpc) is 2.94. The van der Waals surface area contributed by atoms with Gasteiger partial charge in [0.05, 0.1) is 38.1 Å². The summed E-state index contributed by atoms with van der Waals surface area (Å²) < 4.78 is 18.8. The zero-order valence-electron chi connectivity index (χ0n) is 19.3. The molecule has 2 saturated carbocycles. The molecule has 0 saturated heterocycles. The van der Waals surface area contributed by atoms with E-state index < -0.39 is 0 Å². The van der Waals surface area contributed by atoms with Gasteiger partial charge in [0.25, 0.3) is 0 Å². The minimum atomic E-state index is 0.199. The first-order valence-corrected chi connectivity index (χ1v) is 12.5. The van der Waals surface area contributed by atoms with Crippen LogP contribution in [0.5, 0.6) is 0 Å². The Balaban J connectivity index is 2.19. The second-order valence-electron chi connectivity index (χ2n) is 9.16. The molecule has 0 radical (unpaired) electrons. The molecule has 172 valence electrons. The molecule has 0 aliphatic heterocycles. The quantitative estimate of drug-likeness (QED) is 0.356. The summed E-state index contributed by atoms with van der Waals surface area (Å²) in [5, 5.41) is 0. The van der Waals surface area contributed by atoms with Crippen molar-refractivity contribution in [2.24, 2.45) is 11.8 Å². The van der Waals surface area contributed by atoms with Crippen LogP contribution in [0, 0.1) is 11.8 Å². The maximum Gasteiger partial charge on any atom is 0.0648 e. The van der Waals surface area contributed by atoms with Gasteiger partial charge in [-0.05, 0) is 37.5 Å². The van der Waals surface area contributed by atoms with Crippen LogP contribution in [0.1, 0.15) is 83.5 Å². The molecule has 0 aromatic carbocycles. The molecule has 0 bridgehead atoms. The van der Waals surface area contributed by atoms with Gasteiger partial charge in [0.1, 0.15) is 0 Å². The fraction of sp³-hybridized carbons (Fsp3) is 0.778. The van der Waals surface area contributed by atoms with Crippen molar-refractivity contribution < 1.29 is 14.2 Å². The largest absolute Gasteiger partial charge is 0.374 e. The van der Waals surface area contributed by atoms with E-state index in [1.165, 1.54) is 57.8 Å². The second kappa shape index (κ2) is 15.8. The first kappa shape index (κ1) is 25.4. The third kappa shape index (κ3) is 9.49. The molecule has 30 heavy (non-hydrogen) atoms. The average molecular weight is 419 g/mol. The van der Waals surface area contributed by atoms with E-state index in [1.54, 1.807) is 0 Å². The Hall–Kier alpha value is -0.900. The molecular weight excluding hydrogens is 372 g/mol. The predicted octanol–water partition coefficient (Wildman–Crippen LogP) is 7.03. The Labute approximate surface area is 185 Å². The van der Waals surface area contributed by atoms with E-state index in [1.807, 2.05) is 18.2 Å². The lowest BCUT2D eigenvalue weighted by molar-refractivity contribution is -0.0443. The minimum absolute atomic E-state index is 0.199. The lowest BCUT2D eigenvalue weighted by Crippen LogP contribution is -2.34. The molecule has 0 aromatic rings. The zero-order chi connectivity index (χ0) is 21.4. The first-order valence-electron chi connectivity index (χ1n) is 12.5. The Morgan fingerprint density at radius 3 is 1.70 bits per heavy atom. The number of ether oxygens (including phenoxy) is 3. The highest BCUT2D eigenvalue weighted by atomic mass is 16.5. The SMILES string of the molecule is C=CCOC1CCC(OCC=C)CC(OCC=C)C(C2CCCCCCCC2)CC1. The van der Waals surface area contributed by atoms with Crippen molar-refractivity contribution in [1.82, 2.24) is 0 Å². The van der Waals surface area contributed by atoms with E-state index in [2.05, 4.69) is 19.7 Å². The summed E-state index contributed by atoms with van der Waals surface area (Å²) in [6.07, 6.45) is 22.6. The Bertz CT molecular complexity index is 465. The van der Waals surface area contributed by atoms with E-state index in [4.69, 9.17) is 14.2 Å². The van der Waals surface area contributed by atoms with Gasteiger partial charge in [-0.2, -0.15) is 0 Å². The van der Waals surface area contributed by atoms with Gasteiger partial charge in [0.2, 0.25) is 0 Å². The van der Waals surface area contributed by atoms with Crippen molar-refractivity contribution in [1.29, 1.82) is 0 Å². The minimum Gasteiger partial charge on any atom is -0.374 e. The van der Waals surface area contributed by atoms with Crippen LogP contribution >= 0.6 is 0 Å². The highest BCUT2D eigenvalue weighted by molar-refractivity contribution is 4.86. The summed E-state index contributed by atoms with van der Waals surface area (Å²) >= 11 is 0. The topological polar surface area (TPSA) is 27.7 Å². The van der Waals surface area contributed by atoms with Gasteiger partial charge in [-0.3, -0.25) is 0 Å². The van der Waals surface area contributed by atoms with Gasteiger partial charge in [-0.15, -0.1) is 19.7 Å². The fourth-order valence-corrected chi connectivity index (χ4v) is 5.37. The molecule has 2 aliphatic carbocycles. The number of rotatable bonds is 10. The molecule has 0 aromatic heterocycles. The summed E-state index contributed by atoms with van der Waals surface area (Å²) in [6, 6.07) is 0. The standard InChI is InChI=1S/C27H46O3/c1-4-19-28-24-15-16-25(29-20-5-2)22-27(30-21-6-3)26(18-17-24)23-13-11-9-7-8-10-12-14-23/h4-6,23-27H,1-3,7-22H2. The second-order valence-corrected chi connectivity index (χ2v) is 9.16. The van der Waals surface area contributed by atoms with Crippen molar-refractivity contribution in [3.8, 4) is 0 Å². The normalized spacial score (nSPS) is 30.0. The van der Waals surface area contributed by atoms with Crippen molar-refractivity contribution >= 4 is 0 Å². The molecule has 4 atom stereocenters. The molecule has 2 fully saturated rings. The molecule has 0 spiro atoms. The first-order chi connectivity index (χ1) is 14.8. The van der Waals surface area contributed by atoms with Crippen molar-refractivity contribution in [3.63, 3.8) is 0 Å². The number of hydrogen-bond donors (Lipinski definition) is 0. The molecule has 0 N–H and O–H groups in total. The Morgan fingerprint density at radius 1 is 0.567 bits per heavy atom. The maximum absolute atomic E-state index is 6.44. The van der Waals surface area contributed by atoms with Crippen LogP contribution in [-0.2, 0) is 14.2 Å². The van der Waals surface area contributed by atoms with E-state index in [0.717, 1.165) is 31.6 Å². The van der Waals surface area contributed by atoms with E-state index in [0.29, 0.717) is 25.7 Å². The highest BCUT2D eigenvalue weighted by Gasteiger charge is 2.34. The van der Waals surface area contributed by atoms with Crippen LogP contribution in [0.15, 0.2) is 38.0 Å².